The monoisotopic (exact) mass is 344 g/mol. The van der Waals surface area contributed by atoms with E-state index in [-0.39, 0.29) is 11.4 Å². The van der Waals surface area contributed by atoms with Gasteiger partial charge in [0.05, 0.1) is 17.8 Å². The average Bonchev–Trinajstić information content (AvgIpc) is 3.16. The summed E-state index contributed by atoms with van der Waals surface area (Å²) in [5.74, 6) is 1.19. The fourth-order valence-corrected chi connectivity index (χ4v) is 3.43. The van der Waals surface area contributed by atoms with Gasteiger partial charge in [0.15, 0.2) is 0 Å². The highest BCUT2D eigenvalue weighted by molar-refractivity contribution is 5.91. The second-order valence-corrected chi connectivity index (χ2v) is 7.89. The summed E-state index contributed by atoms with van der Waals surface area (Å²) in [6.07, 6.45) is 4.02. The minimum atomic E-state index is -0.173. The lowest BCUT2D eigenvalue weighted by atomic mass is 9.95. The van der Waals surface area contributed by atoms with E-state index in [1.54, 1.807) is 6.20 Å². The Hall–Kier alpha value is -2.15. The van der Waals surface area contributed by atoms with Crippen molar-refractivity contribution in [1.29, 1.82) is 0 Å². The summed E-state index contributed by atoms with van der Waals surface area (Å²) in [5.41, 5.74) is 1.89. The lowest BCUT2D eigenvalue weighted by Crippen LogP contribution is -2.40. The van der Waals surface area contributed by atoms with Crippen LogP contribution in [0.25, 0.3) is 0 Å². The van der Waals surface area contributed by atoms with Crippen LogP contribution in [0.15, 0.2) is 18.3 Å². The predicted octanol–water partition coefficient (Wildman–Crippen LogP) is 2.49. The molecule has 0 aliphatic carbocycles. The van der Waals surface area contributed by atoms with Gasteiger partial charge in [-0.1, -0.05) is 0 Å². The molecule has 1 aliphatic rings. The van der Waals surface area contributed by atoms with E-state index in [2.05, 4.69) is 46.3 Å². The molecular weight excluding hydrogens is 316 g/mol. The molecule has 0 saturated carbocycles. The molecule has 25 heavy (non-hydrogen) atoms. The van der Waals surface area contributed by atoms with Crippen molar-refractivity contribution in [2.24, 2.45) is 0 Å². The number of amides is 1. The summed E-state index contributed by atoms with van der Waals surface area (Å²) in [6.45, 7) is 10.4. The number of aryl methyl sites for hydroxylation is 1. The highest BCUT2D eigenvalue weighted by Gasteiger charge is 2.25. The average molecular weight is 344 g/mol. The summed E-state index contributed by atoms with van der Waals surface area (Å²) >= 11 is 0. The minimum Gasteiger partial charge on any atom is -0.310 e. The van der Waals surface area contributed by atoms with Gasteiger partial charge in [-0.2, -0.15) is 10.2 Å². The molecule has 1 unspecified atom stereocenters. The van der Waals surface area contributed by atoms with Crippen molar-refractivity contribution in [3.05, 3.63) is 29.7 Å². The number of hydrogen-bond acceptors (Lipinski definition) is 4. The van der Waals surface area contributed by atoms with E-state index in [1.165, 1.54) is 0 Å². The smallest absolute Gasteiger partial charge is 0.239 e. The summed E-state index contributed by atoms with van der Waals surface area (Å²) in [7, 11) is 0. The Morgan fingerprint density at radius 1 is 1.44 bits per heavy atom. The fraction of sp³-hybridized carbons (Fsp3) is 0.611. The first kappa shape index (κ1) is 17.7. The Kier molecular flexibility index (Phi) is 4.94. The number of nitrogens with one attached hydrogen (secondary N) is 2. The van der Waals surface area contributed by atoms with Crippen molar-refractivity contribution in [1.82, 2.24) is 24.9 Å². The van der Waals surface area contributed by atoms with Crippen LogP contribution in [0.1, 0.15) is 50.9 Å². The lowest BCUT2D eigenvalue weighted by molar-refractivity contribution is -0.117. The van der Waals surface area contributed by atoms with E-state index < -0.39 is 0 Å². The van der Waals surface area contributed by atoms with Crippen molar-refractivity contribution >= 4 is 11.7 Å². The SMILES string of the molecule is Cc1cc(NC(=O)CN2CCCC(c3ccn[nH]3)C2)n(C(C)(C)C)n1. The molecule has 1 fully saturated rings. The molecule has 0 bridgehead atoms. The van der Waals surface area contributed by atoms with Crippen LogP contribution in [0.2, 0.25) is 0 Å². The molecule has 2 aromatic rings. The first-order chi connectivity index (χ1) is 11.8. The molecule has 2 N–H and O–H groups in total. The van der Waals surface area contributed by atoms with Crippen LogP contribution in [-0.4, -0.2) is 50.4 Å². The van der Waals surface area contributed by atoms with Gasteiger partial charge in [0.1, 0.15) is 5.82 Å². The number of aromatic nitrogens is 4. The quantitative estimate of drug-likeness (QED) is 0.893. The van der Waals surface area contributed by atoms with Crippen molar-refractivity contribution < 1.29 is 4.79 Å². The Morgan fingerprint density at radius 3 is 2.92 bits per heavy atom. The number of piperidine rings is 1. The van der Waals surface area contributed by atoms with Crippen molar-refractivity contribution in [2.75, 3.05) is 25.0 Å². The Morgan fingerprint density at radius 2 is 2.24 bits per heavy atom. The maximum absolute atomic E-state index is 12.5. The summed E-state index contributed by atoms with van der Waals surface area (Å²) in [6, 6.07) is 3.95. The number of nitrogens with zero attached hydrogens (tertiary/aromatic N) is 4. The molecule has 136 valence electrons. The highest BCUT2D eigenvalue weighted by atomic mass is 16.2. The molecular formula is C18H28N6O. The Balaban J connectivity index is 1.61. The zero-order valence-electron chi connectivity index (χ0n) is 15.5. The molecule has 0 spiro atoms. The van der Waals surface area contributed by atoms with E-state index in [4.69, 9.17) is 0 Å². The first-order valence-corrected chi connectivity index (χ1v) is 8.91. The van der Waals surface area contributed by atoms with Gasteiger partial charge in [-0.15, -0.1) is 0 Å². The van der Waals surface area contributed by atoms with Crippen molar-refractivity contribution in [3.8, 4) is 0 Å². The number of hydrogen-bond donors (Lipinski definition) is 2. The number of carbonyl (C=O) groups excluding carboxylic acids is 1. The molecule has 7 heteroatoms. The third-order valence-electron chi connectivity index (χ3n) is 4.57. The predicted molar refractivity (Wildman–Crippen MR) is 97.6 cm³/mol. The molecule has 1 atom stereocenters. The number of carbonyl (C=O) groups is 1. The van der Waals surface area contributed by atoms with Gasteiger partial charge in [0.2, 0.25) is 5.91 Å². The summed E-state index contributed by atoms with van der Waals surface area (Å²) in [4.78, 5) is 14.8. The molecule has 1 amide bonds. The van der Waals surface area contributed by atoms with Gasteiger partial charge in [-0.25, -0.2) is 4.68 Å². The van der Waals surface area contributed by atoms with Gasteiger partial charge < -0.3 is 5.32 Å². The summed E-state index contributed by atoms with van der Waals surface area (Å²) < 4.78 is 1.88. The summed E-state index contributed by atoms with van der Waals surface area (Å²) in [5, 5.41) is 14.6. The third kappa shape index (κ3) is 4.28. The van der Waals surface area contributed by atoms with E-state index in [0.29, 0.717) is 12.5 Å². The van der Waals surface area contributed by atoms with Crippen LogP contribution in [0, 0.1) is 6.92 Å². The van der Waals surface area contributed by atoms with Crippen LogP contribution in [0.5, 0.6) is 0 Å². The largest absolute Gasteiger partial charge is 0.310 e. The molecule has 3 rings (SSSR count). The topological polar surface area (TPSA) is 78.8 Å². The van der Waals surface area contributed by atoms with E-state index >= 15 is 0 Å². The molecule has 7 nitrogen and oxygen atoms in total. The minimum absolute atomic E-state index is 0.00987. The number of rotatable bonds is 4. The zero-order valence-corrected chi connectivity index (χ0v) is 15.5. The number of aromatic amines is 1. The highest BCUT2D eigenvalue weighted by Crippen LogP contribution is 2.25. The van der Waals surface area contributed by atoms with Gasteiger partial charge in [-0.05, 0) is 53.1 Å². The second kappa shape index (κ2) is 7.00. The first-order valence-electron chi connectivity index (χ1n) is 8.91. The lowest BCUT2D eigenvalue weighted by Gasteiger charge is -2.31. The second-order valence-electron chi connectivity index (χ2n) is 7.89. The van der Waals surface area contributed by atoms with Gasteiger partial charge in [0.25, 0.3) is 0 Å². The van der Waals surface area contributed by atoms with Gasteiger partial charge in [-0.3, -0.25) is 14.8 Å². The number of likely N-dealkylation sites (tertiary alicyclic amines) is 1. The van der Waals surface area contributed by atoms with Crippen LogP contribution in [0.3, 0.4) is 0 Å². The molecule has 3 heterocycles. The van der Waals surface area contributed by atoms with Crippen LogP contribution in [-0.2, 0) is 10.3 Å². The molecule has 0 aromatic carbocycles. The van der Waals surface area contributed by atoms with Crippen molar-refractivity contribution in [3.63, 3.8) is 0 Å². The third-order valence-corrected chi connectivity index (χ3v) is 4.57. The van der Waals surface area contributed by atoms with E-state index in [1.807, 2.05) is 23.7 Å². The van der Waals surface area contributed by atoms with Gasteiger partial charge >= 0.3 is 0 Å². The van der Waals surface area contributed by atoms with E-state index in [0.717, 1.165) is 43.1 Å². The molecule has 2 aromatic heterocycles. The Labute approximate surface area is 148 Å². The molecule has 1 saturated heterocycles. The number of anilines is 1. The normalized spacial score (nSPS) is 19.1. The maximum Gasteiger partial charge on any atom is 0.239 e. The van der Waals surface area contributed by atoms with Crippen molar-refractivity contribution in [2.45, 2.75) is 52.0 Å². The van der Waals surface area contributed by atoms with Crippen LogP contribution >= 0.6 is 0 Å². The van der Waals surface area contributed by atoms with Crippen LogP contribution in [0.4, 0.5) is 5.82 Å². The maximum atomic E-state index is 12.5. The van der Waals surface area contributed by atoms with Crippen LogP contribution < -0.4 is 5.32 Å². The van der Waals surface area contributed by atoms with Gasteiger partial charge in [0, 0.05) is 30.4 Å². The van der Waals surface area contributed by atoms with E-state index in [9.17, 15) is 4.79 Å². The standard InChI is InChI=1S/C18H28N6O/c1-13-10-16(24(22-13)18(2,3)4)20-17(25)12-23-9-5-6-14(11-23)15-7-8-19-21-15/h7-8,10,14H,5-6,9,11-12H2,1-4H3,(H,19,21)(H,20,25). The molecule has 0 radical (unpaired) electrons. The molecule has 1 aliphatic heterocycles. The fourth-order valence-electron chi connectivity index (χ4n) is 3.43. The zero-order chi connectivity index (χ0) is 18.0. The Bertz CT molecular complexity index is 713. The number of H-pyrrole nitrogens is 1.